The minimum Gasteiger partial charge on any atom is -0.328 e. The van der Waals surface area contributed by atoms with E-state index in [1.807, 2.05) is 19.4 Å². The lowest BCUT2D eigenvalue weighted by Gasteiger charge is -2.19. The van der Waals surface area contributed by atoms with Crippen molar-refractivity contribution in [3.05, 3.63) is 12.4 Å². The molecule has 1 atom stereocenters. The second-order valence-corrected chi connectivity index (χ2v) is 3.11. The summed E-state index contributed by atoms with van der Waals surface area (Å²) < 4.78 is 0.524. The van der Waals surface area contributed by atoms with Crippen molar-refractivity contribution in [3.63, 3.8) is 0 Å². The average molecular weight is 148 g/mol. The predicted molar refractivity (Wildman–Crippen MR) is 38.4 cm³/mol. The summed E-state index contributed by atoms with van der Waals surface area (Å²) in [7, 11) is 2.02. The molecule has 0 aliphatic carbocycles. The molecule has 0 radical (unpaired) electrons. The smallest absolute Gasteiger partial charge is 0.175 e. The Labute approximate surface area is 61.0 Å². The van der Waals surface area contributed by atoms with Gasteiger partial charge in [0.1, 0.15) is 6.20 Å². The molecule has 0 N–H and O–H groups in total. The van der Waals surface area contributed by atoms with Gasteiger partial charge in [0.05, 0.1) is 12.7 Å². The van der Waals surface area contributed by atoms with Gasteiger partial charge >= 0.3 is 0 Å². The van der Waals surface area contributed by atoms with Crippen LogP contribution in [-0.4, -0.2) is 29.2 Å². The lowest BCUT2D eigenvalue weighted by molar-refractivity contribution is -0.760. The van der Waals surface area contributed by atoms with E-state index in [0.29, 0.717) is 4.00 Å². The van der Waals surface area contributed by atoms with Crippen molar-refractivity contribution in [1.29, 1.82) is 0 Å². The van der Waals surface area contributed by atoms with Crippen LogP contribution in [-0.2, 0) is 0 Å². The van der Waals surface area contributed by atoms with Crippen LogP contribution in [0.2, 0.25) is 0 Å². The topological polar surface area (TPSA) is 3.24 Å². The highest BCUT2D eigenvalue weighted by molar-refractivity contribution is 6.07. The molecule has 1 rings (SSSR count). The number of nitrogens with zero attached hydrogens (tertiary/aromatic N) is 2. The summed E-state index contributed by atoms with van der Waals surface area (Å²) in [6, 6.07) is 0. The maximum atomic E-state index is 6.06. The quantitative estimate of drug-likeness (QED) is 0.507. The number of hydrogen-bond acceptors (Lipinski definition) is 1. The molecule has 1 unspecified atom stereocenters. The first-order chi connectivity index (χ1) is 4.16. The Bertz CT molecular complexity index is 135. The number of halogens is 1. The Morgan fingerprint density at radius 2 is 2.44 bits per heavy atom. The first-order valence-electron chi connectivity index (χ1n) is 3.12. The molecule has 52 valence electrons. The first kappa shape index (κ1) is 6.90. The normalized spacial score (nSPS) is 33.9. The minimum absolute atomic E-state index is 0.524. The van der Waals surface area contributed by atoms with E-state index in [9.17, 15) is 0 Å². The van der Waals surface area contributed by atoms with Crippen molar-refractivity contribution >= 4 is 11.8 Å². The monoisotopic (exact) mass is 147 g/mol. The van der Waals surface area contributed by atoms with E-state index < -0.39 is 0 Å². The van der Waals surface area contributed by atoms with E-state index in [1.165, 1.54) is 0 Å². The molecule has 0 spiro atoms. The first-order valence-corrected chi connectivity index (χ1v) is 3.46. The minimum atomic E-state index is 0.524. The molecule has 0 aromatic rings. The molecule has 1 aliphatic heterocycles. The van der Waals surface area contributed by atoms with Crippen LogP contribution in [0.3, 0.4) is 0 Å². The Balaban J connectivity index is 2.57. The zero-order chi connectivity index (χ0) is 6.91. The SMILES string of the molecule is CC[N+]1(Cl)C=CN(C)C1. The molecule has 0 bridgehead atoms. The van der Waals surface area contributed by atoms with Crippen LogP contribution in [0, 0.1) is 0 Å². The lowest BCUT2D eigenvalue weighted by Crippen LogP contribution is -2.34. The van der Waals surface area contributed by atoms with Gasteiger partial charge in [-0.05, 0) is 6.92 Å². The number of rotatable bonds is 1. The summed E-state index contributed by atoms with van der Waals surface area (Å²) in [5, 5.41) is 0. The molecule has 0 aromatic carbocycles. The van der Waals surface area contributed by atoms with Crippen LogP contribution < -0.4 is 0 Å². The second-order valence-electron chi connectivity index (χ2n) is 2.44. The van der Waals surface area contributed by atoms with E-state index in [1.54, 1.807) is 0 Å². The van der Waals surface area contributed by atoms with Crippen LogP contribution in [0.1, 0.15) is 6.92 Å². The third-order valence-electron chi connectivity index (χ3n) is 1.57. The standard InChI is InChI=1S/C6H12ClN2/c1-3-9(7)5-4-8(2)6-9/h4-5H,3,6H2,1-2H3/q+1. The van der Waals surface area contributed by atoms with Crippen molar-refractivity contribution in [3.8, 4) is 0 Å². The molecule has 1 aliphatic rings. The maximum absolute atomic E-state index is 6.06. The van der Waals surface area contributed by atoms with Crippen LogP contribution in [0.5, 0.6) is 0 Å². The van der Waals surface area contributed by atoms with Gasteiger partial charge in [-0.1, -0.05) is 0 Å². The molecule has 0 amide bonds. The van der Waals surface area contributed by atoms with Crippen molar-refractivity contribution in [1.82, 2.24) is 4.90 Å². The zero-order valence-corrected chi connectivity index (χ0v) is 6.60. The Morgan fingerprint density at radius 1 is 1.78 bits per heavy atom. The van der Waals surface area contributed by atoms with Gasteiger partial charge in [0.2, 0.25) is 0 Å². The van der Waals surface area contributed by atoms with Crippen molar-refractivity contribution < 1.29 is 4.00 Å². The molecule has 2 nitrogen and oxygen atoms in total. The highest BCUT2D eigenvalue weighted by Crippen LogP contribution is 2.19. The van der Waals surface area contributed by atoms with Gasteiger partial charge in [0, 0.05) is 7.05 Å². The molecular formula is C6H12ClN2+. The number of quaternary nitrogens is 1. The summed E-state index contributed by atoms with van der Waals surface area (Å²) >= 11 is 6.06. The fourth-order valence-electron chi connectivity index (χ4n) is 0.904. The van der Waals surface area contributed by atoms with Gasteiger partial charge in [-0.15, -0.1) is 0 Å². The van der Waals surface area contributed by atoms with Crippen LogP contribution in [0.15, 0.2) is 12.4 Å². The Kier molecular flexibility index (Phi) is 1.68. The highest BCUT2D eigenvalue weighted by Gasteiger charge is 2.26. The summed E-state index contributed by atoms with van der Waals surface area (Å²) in [4.78, 5) is 2.08. The highest BCUT2D eigenvalue weighted by atomic mass is 35.5. The average Bonchev–Trinajstić information content (AvgIpc) is 2.13. The fourth-order valence-corrected chi connectivity index (χ4v) is 1.12. The predicted octanol–water partition coefficient (Wildman–Crippen LogP) is 1.35. The number of hydrogen-bond donors (Lipinski definition) is 0. The fraction of sp³-hybridized carbons (Fsp3) is 0.667. The Hall–Kier alpha value is -0.210. The zero-order valence-electron chi connectivity index (χ0n) is 5.84. The van der Waals surface area contributed by atoms with Gasteiger partial charge < -0.3 is 4.90 Å². The third-order valence-corrected chi connectivity index (χ3v) is 2.03. The molecular weight excluding hydrogens is 136 g/mol. The molecule has 9 heavy (non-hydrogen) atoms. The molecule has 0 saturated heterocycles. The summed E-state index contributed by atoms with van der Waals surface area (Å²) in [5.41, 5.74) is 0. The van der Waals surface area contributed by atoms with Crippen LogP contribution in [0.25, 0.3) is 0 Å². The van der Waals surface area contributed by atoms with E-state index in [2.05, 4.69) is 11.8 Å². The van der Waals surface area contributed by atoms with Gasteiger partial charge in [0.25, 0.3) is 0 Å². The van der Waals surface area contributed by atoms with E-state index in [-0.39, 0.29) is 0 Å². The second kappa shape index (κ2) is 2.20. The lowest BCUT2D eigenvalue weighted by atomic mass is 10.6. The molecule has 3 heteroatoms. The van der Waals surface area contributed by atoms with Gasteiger partial charge in [-0.2, -0.15) is 4.00 Å². The largest absolute Gasteiger partial charge is 0.328 e. The third kappa shape index (κ3) is 1.37. The van der Waals surface area contributed by atoms with Crippen molar-refractivity contribution in [2.75, 3.05) is 20.3 Å². The van der Waals surface area contributed by atoms with Crippen molar-refractivity contribution in [2.45, 2.75) is 6.92 Å². The van der Waals surface area contributed by atoms with E-state index >= 15 is 0 Å². The Morgan fingerprint density at radius 3 is 2.67 bits per heavy atom. The van der Waals surface area contributed by atoms with Crippen LogP contribution in [0.4, 0.5) is 0 Å². The van der Waals surface area contributed by atoms with Crippen LogP contribution >= 0.6 is 11.8 Å². The van der Waals surface area contributed by atoms with E-state index in [0.717, 1.165) is 13.2 Å². The van der Waals surface area contributed by atoms with E-state index in [4.69, 9.17) is 11.8 Å². The summed E-state index contributed by atoms with van der Waals surface area (Å²) in [6.45, 7) is 3.91. The maximum Gasteiger partial charge on any atom is 0.175 e. The molecule has 0 saturated carbocycles. The molecule has 0 aromatic heterocycles. The van der Waals surface area contributed by atoms with Crippen molar-refractivity contribution in [2.24, 2.45) is 0 Å². The van der Waals surface area contributed by atoms with Gasteiger partial charge in [-0.25, -0.2) is 0 Å². The summed E-state index contributed by atoms with van der Waals surface area (Å²) in [6.07, 6.45) is 4.01. The summed E-state index contributed by atoms with van der Waals surface area (Å²) in [5.74, 6) is 0. The van der Waals surface area contributed by atoms with Gasteiger partial charge in [0.15, 0.2) is 18.4 Å². The molecule has 1 heterocycles. The van der Waals surface area contributed by atoms with Gasteiger partial charge in [-0.3, -0.25) is 0 Å². The molecule has 0 fully saturated rings.